The molecule has 0 spiro atoms. The van der Waals surface area contributed by atoms with Crippen LogP contribution in [0.4, 0.5) is 13.2 Å². The summed E-state index contributed by atoms with van der Waals surface area (Å²) >= 11 is 0. The van der Waals surface area contributed by atoms with Gasteiger partial charge in [-0.2, -0.15) is 13.2 Å². The van der Waals surface area contributed by atoms with Crippen molar-refractivity contribution in [1.82, 2.24) is 14.1 Å². The summed E-state index contributed by atoms with van der Waals surface area (Å²) in [6, 6.07) is 5.22. The fourth-order valence-corrected chi connectivity index (χ4v) is 3.12. The van der Waals surface area contributed by atoms with E-state index in [9.17, 15) is 27.6 Å². The Kier molecular flexibility index (Phi) is 4.66. The smallest absolute Gasteiger partial charge is 0.418 e. The van der Waals surface area contributed by atoms with Crippen molar-refractivity contribution in [3.05, 3.63) is 61.9 Å². The number of nitrogens with one attached hydrogen (secondary N) is 1. The van der Waals surface area contributed by atoms with Crippen molar-refractivity contribution in [3.8, 4) is 5.69 Å². The quantitative estimate of drug-likeness (QED) is 0.545. The summed E-state index contributed by atoms with van der Waals surface area (Å²) in [4.78, 5) is 37.9. The molecule has 0 atom stereocenters. The van der Waals surface area contributed by atoms with Crippen molar-refractivity contribution in [2.24, 2.45) is 0 Å². The molecule has 0 saturated carbocycles. The van der Waals surface area contributed by atoms with E-state index < -0.39 is 35.4 Å². The number of ether oxygens (including phenoxy) is 1. The van der Waals surface area contributed by atoms with Gasteiger partial charge in [0.2, 0.25) is 0 Å². The van der Waals surface area contributed by atoms with E-state index in [1.807, 2.05) is 0 Å². The minimum absolute atomic E-state index is 0.0227. The van der Waals surface area contributed by atoms with Gasteiger partial charge in [0, 0.05) is 11.4 Å². The normalized spacial score (nSPS) is 11.8. The summed E-state index contributed by atoms with van der Waals surface area (Å²) in [6.45, 7) is 2.68. The summed E-state index contributed by atoms with van der Waals surface area (Å²) in [5.41, 5.74) is -2.54. The number of halogens is 3. The standard InChI is InChI=1S/C18H16F3N3O4/c1-9-4-5-10(2)24(9)13-7-14-12(6-11(13)18(19,20)21)22-16(26)17(27)23(14)8-15(25)28-3/h4-7H,8H2,1-3H3,(H,22,26). The lowest BCUT2D eigenvalue weighted by Gasteiger charge is -2.19. The third-order valence-electron chi connectivity index (χ3n) is 4.42. The second-order valence-electron chi connectivity index (χ2n) is 6.26. The number of nitrogens with zero attached hydrogens (tertiary/aromatic N) is 2. The van der Waals surface area contributed by atoms with Crippen molar-refractivity contribution in [1.29, 1.82) is 0 Å². The van der Waals surface area contributed by atoms with E-state index in [0.717, 1.165) is 23.8 Å². The topological polar surface area (TPSA) is 86.1 Å². The lowest BCUT2D eigenvalue weighted by molar-refractivity contribution is -0.141. The fraction of sp³-hybridized carbons (Fsp3) is 0.278. The highest BCUT2D eigenvalue weighted by Crippen LogP contribution is 2.37. The van der Waals surface area contributed by atoms with Crippen LogP contribution in [0.25, 0.3) is 16.7 Å². The molecule has 0 aliphatic rings. The van der Waals surface area contributed by atoms with Gasteiger partial charge in [-0.15, -0.1) is 0 Å². The molecule has 2 heterocycles. The van der Waals surface area contributed by atoms with Crippen LogP contribution in [0.1, 0.15) is 17.0 Å². The van der Waals surface area contributed by atoms with Crippen LogP contribution in [0, 0.1) is 13.8 Å². The molecule has 0 saturated heterocycles. The highest BCUT2D eigenvalue weighted by atomic mass is 19.4. The molecular weight excluding hydrogens is 379 g/mol. The molecule has 3 aromatic rings. The molecule has 1 aromatic carbocycles. The third kappa shape index (κ3) is 3.21. The third-order valence-corrected chi connectivity index (χ3v) is 4.42. The molecule has 28 heavy (non-hydrogen) atoms. The number of hydrogen-bond donors (Lipinski definition) is 1. The van der Waals surface area contributed by atoms with Crippen molar-refractivity contribution in [2.75, 3.05) is 7.11 Å². The number of carbonyl (C=O) groups excluding carboxylic acids is 1. The Morgan fingerprint density at radius 2 is 1.75 bits per heavy atom. The number of H-pyrrole nitrogens is 1. The molecule has 0 aliphatic heterocycles. The molecule has 10 heteroatoms. The molecular formula is C18H16F3N3O4. The molecule has 0 aliphatic carbocycles. The molecule has 148 valence electrons. The van der Waals surface area contributed by atoms with E-state index in [0.29, 0.717) is 11.4 Å². The predicted molar refractivity (Wildman–Crippen MR) is 94.6 cm³/mol. The maximum atomic E-state index is 13.7. The molecule has 0 radical (unpaired) electrons. The highest BCUT2D eigenvalue weighted by Gasteiger charge is 2.35. The Balaban J connectivity index is 2.47. The number of aromatic nitrogens is 3. The second kappa shape index (κ2) is 6.70. The molecule has 1 N–H and O–H groups in total. The van der Waals surface area contributed by atoms with Crippen LogP contribution in [-0.2, 0) is 22.3 Å². The fourth-order valence-electron chi connectivity index (χ4n) is 3.12. The van der Waals surface area contributed by atoms with E-state index in [1.54, 1.807) is 26.0 Å². The Labute approximate surface area is 156 Å². The number of methoxy groups -OCH3 is 1. The highest BCUT2D eigenvalue weighted by molar-refractivity contribution is 5.81. The maximum absolute atomic E-state index is 13.7. The molecule has 3 rings (SSSR count). The van der Waals surface area contributed by atoms with Gasteiger partial charge < -0.3 is 14.3 Å². The van der Waals surface area contributed by atoms with Crippen molar-refractivity contribution in [3.63, 3.8) is 0 Å². The summed E-state index contributed by atoms with van der Waals surface area (Å²) in [6.07, 6.45) is -4.72. The van der Waals surface area contributed by atoms with Gasteiger partial charge in [0.25, 0.3) is 0 Å². The zero-order valence-corrected chi connectivity index (χ0v) is 15.2. The van der Waals surface area contributed by atoms with Crippen LogP contribution < -0.4 is 11.1 Å². The van der Waals surface area contributed by atoms with Crippen LogP contribution >= 0.6 is 0 Å². The molecule has 2 aromatic heterocycles. The van der Waals surface area contributed by atoms with Gasteiger partial charge in [0.05, 0.1) is 29.4 Å². The number of carbonyl (C=O) groups is 1. The predicted octanol–water partition coefficient (Wildman–Crippen LogP) is 2.29. The first-order chi connectivity index (χ1) is 13.0. The maximum Gasteiger partial charge on any atom is 0.418 e. The number of benzene rings is 1. The van der Waals surface area contributed by atoms with Crippen molar-refractivity contribution in [2.45, 2.75) is 26.6 Å². The summed E-state index contributed by atoms with van der Waals surface area (Å²) in [7, 11) is 1.10. The number of hydrogen-bond acceptors (Lipinski definition) is 4. The summed E-state index contributed by atoms with van der Waals surface area (Å²) in [5, 5.41) is 0. The molecule has 0 fully saturated rings. The van der Waals surface area contributed by atoms with E-state index in [4.69, 9.17) is 0 Å². The number of aryl methyl sites for hydroxylation is 2. The van der Waals surface area contributed by atoms with E-state index >= 15 is 0 Å². The van der Waals surface area contributed by atoms with Crippen LogP contribution in [-0.4, -0.2) is 27.2 Å². The van der Waals surface area contributed by atoms with Gasteiger partial charge in [-0.3, -0.25) is 19.0 Å². The van der Waals surface area contributed by atoms with Gasteiger partial charge in [-0.1, -0.05) is 0 Å². The zero-order chi connectivity index (χ0) is 20.8. The average Bonchev–Trinajstić information content (AvgIpc) is 2.95. The number of aromatic amines is 1. The number of fused-ring (bicyclic) bond motifs is 1. The SMILES string of the molecule is COC(=O)Cn1c(=O)c(=O)[nH]c2cc(C(F)(F)F)c(-n3c(C)ccc3C)cc21. The minimum Gasteiger partial charge on any atom is -0.468 e. The zero-order valence-electron chi connectivity index (χ0n) is 15.2. The number of rotatable bonds is 3. The first kappa shape index (κ1) is 19.5. The molecule has 0 bridgehead atoms. The van der Waals surface area contributed by atoms with E-state index in [2.05, 4.69) is 9.72 Å². The van der Waals surface area contributed by atoms with Crippen LogP contribution in [0.3, 0.4) is 0 Å². The van der Waals surface area contributed by atoms with Gasteiger partial charge in [-0.25, -0.2) is 0 Å². The van der Waals surface area contributed by atoms with Gasteiger partial charge in [0.1, 0.15) is 6.54 Å². The average molecular weight is 395 g/mol. The van der Waals surface area contributed by atoms with Gasteiger partial charge in [-0.05, 0) is 38.1 Å². The molecule has 7 nitrogen and oxygen atoms in total. The van der Waals surface area contributed by atoms with Crippen LogP contribution in [0.5, 0.6) is 0 Å². The Morgan fingerprint density at radius 3 is 2.29 bits per heavy atom. The Bertz CT molecular complexity index is 1180. The van der Waals surface area contributed by atoms with Crippen LogP contribution in [0.15, 0.2) is 33.9 Å². The Hall–Kier alpha value is -3.30. The number of alkyl halides is 3. The summed E-state index contributed by atoms with van der Waals surface area (Å²) < 4.78 is 47.9. The number of esters is 1. The molecule has 0 amide bonds. The van der Waals surface area contributed by atoms with E-state index in [1.165, 1.54) is 4.57 Å². The lowest BCUT2D eigenvalue weighted by atomic mass is 10.1. The van der Waals surface area contributed by atoms with Gasteiger partial charge >= 0.3 is 23.3 Å². The minimum atomic E-state index is -4.72. The first-order valence-corrected chi connectivity index (χ1v) is 8.14. The Morgan fingerprint density at radius 1 is 1.14 bits per heavy atom. The van der Waals surface area contributed by atoms with Gasteiger partial charge in [0.15, 0.2) is 0 Å². The van der Waals surface area contributed by atoms with Crippen LogP contribution in [0.2, 0.25) is 0 Å². The van der Waals surface area contributed by atoms with E-state index in [-0.39, 0.29) is 16.7 Å². The largest absolute Gasteiger partial charge is 0.468 e. The first-order valence-electron chi connectivity index (χ1n) is 8.14. The van der Waals surface area contributed by atoms with Crippen molar-refractivity contribution < 1.29 is 22.7 Å². The second-order valence-corrected chi connectivity index (χ2v) is 6.26. The monoisotopic (exact) mass is 395 g/mol. The lowest BCUT2D eigenvalue weighted by Crippen LogP contribution is -2.38. The summed E-state index contributed by atoms with van der Waals surface area (Å²) in [5.74, 6) is -0.816. The van der Waals surface area contributed by atoms with Crippen molar-refractivity contribution >= 4 is 17.0 Å². The molecule has 0 unspecified atom stereocenters.